The monoisotopic (exact) mass is 409 g/mol. The lowest BCUT2D eigenvalue weighted by Gasteiger charge is -2.12. The van der Waals surface area contributed by atoms with Crippen LogP contribution in [-0.2, 0) is 34.8 Å². The van der Waals surface area contributed by atoms with E-state index >= 15 is 0 Å². The fourth-order valence-corrected chi connectivity index (χ4v) is 4.94. The van der Waals surface area contributed by atoms with Crippen LogP contribution in [0.1, 0.15) is 49.2 Å². The maximum atomic E-state index is 12.7. The van der Waals surface area contributed by atoms with E-state index in [0.717, 1.165) is 54.0 Å². The van der Waals surface area contributed by atoms with Gasteiger partial charge in [-0.3, -0.25) is 4.98 Å². The highest BCUT2D eigenvalue weighted by atomic mass is 32.2. The topological polar surface area (TPSA) is 131 Å². The number of carbonyl (C=O) groups excluding carboxylic acids is 1. The van der Waals surface area contributed by atoms with Crippen LogP contribution in [0.15, 0.2) is 20.8 Å². The second-order valence-corrected chi connectivity index (χ2v) is 9.98. The molecule has 0 bridgehead atoms. The summed E-state index contributed by atoms with van der Waals surface area (Å²) in [5.41, 5.74) is 2.35. The average Bonchev–Trinajstić information content (AvgIpc) is 3.23. The van der Waals surface area contributed by atoms with Crippen LogP contribution in [0.5, 0.6) is 0 Å². The minimum atomic E-state index is -3.46. The Kier molecular flexibility index (Phi) is 5.35. The second kappa shape index (κ2) is 7.27. The molecular formula is C17H23N5O3S2. The van der Waals surface area contributed by atoms with Gasteiger partial charge in [-0.05, 0) is 51.2 Å². The Hall–Kier alpha value is -1.88. The van der Waals surface area contributed by atoms with Crippen LogP contribution in [0.3, 0.4) is 0 Å². The Labute approximate surface area is 162 Å². The van der Waals surface area contributed by atoms with Crippen LogP contribution in [0.2, 0.25) is 0 Å². The Morgan fingerprint density at radius 3 is 2.85 bits per heavy atom. The summed E-state index contributed by atoms with van der Waals surface area (Å²) in [6.07, 6.45) is 4.75. The molecule has 0 radical (unpaired) electrons. The molecule has 0 saturated carbocycles. The number of rotatable bonds is 4. The van der Waals surface area contributed by atoms with Gasteiger partial charge in [0.1, 0.15) is 14.8 Å². The fourth-order valence-electron chi connectivity index (χ4n) is 2.88. The van der Waals surface area contributed by atoms with Crippen LogP contribution in [0.4, 0.5) is 10.5 Å². The lowest BCUT2D eigenvalue weighted by atomic mass is 10.1. The van der Waals surface area contributed by atoms with E-state index in [2.05, 4.69) is 19.6 Å². The molecule has 2 heterocycles. The van der Waals surface area contributed by atoms with E-state index < -0.39 is 21.5 Å². The van der Waals surface area contributed by atoms with Gasteiger partial charge in [-0.15, -0.1) is 15.7 Å². The van der Waals surface area contributed by atoms with Crippen molar-refractivity contribution in [3.8, 4) is 0 Å². The first-order chi connectivity index (χ1) is 12.6. The van der Waals surface area contributed by atoms with Crippen LogP contribution in [0, 0.1) is 0 Å². The summed E-state index contributed by atoms with van der Waals surface area (Å²) in [6.45, 7) is 5.12. The molecule has 3 rings (SSSR count). The number of thiazole rings is 1. The van der Waals surface area contributed by atoms with E-state index in [1.165, 1.54) is 6.20 Å². The smallest absolute Gasteiger partial charge is 0.354 e. The molecule has 2 amide bonds. The summed E-state index contributed by atoms with van der Waals surface area (Å²) < 4.78 is 16.5. The predicted molar refractivity (Wildman–Crippen MR) is 105 cm³/mol. The third kappa shape index (κ3) is 4.34. The molecule has 2 aromatic heterocycles. The van der Waals surface area contributed by atoms with E-state index in [9.17, 15) is 14.1 Å². The zero-order chi connectivity index (χ0) is 19.8. The number of pyridine rings is 1. The summed E-state index contributed by atoms with van der Waals surface area (Å²) in [7, 11) is -3.46. The molecule has 1 atom stereocenters. The van der Waals surface area contributed by atoms with Gasteiger partial charge in [0.05, 0.1) is 6.20 Å². The number of urea groups is 1. The fraction of sp³-hybridized carbons (Fsp3) is 0.471. The molecular weight excluding hydrogens is 386 g/mol. The average molecular weight is 410 g/mol. The first kappa shape index (κ1) is 19.9. The van der Waals surface area contributed by atoms with Gasteiger partial charge in [0, 0.05) is 17.1 Å². The van der Waals surface area contributed by atoms with Gasteiger partial charge < -0.3 is 10.4 Å². The molecule has 0 fully saturated rings. The number of carbonyl (C=O) groups is 1. The molecule has 8 nitrogen and oxygen atoms in total. The Morgan fingerprint density at radius 1 is 1.48 bits per heavy atom. The van der Waals surface area contributed by atoms with Gasteiger partial charge in [0.2, 0.25) is 0 Å². The molecule has 146 valence electrons. The summed E-state index contributed by atoms with van der Waals surface area (Å²) in [6, 6.07) is 1.05. The minimum absolute atomic E-state index is 0.143. The number of aryl methyl sites for hydroxylation is 2. The first-order valence-corrected chi connectivity index (χ1v) is 11.1. The highest BCUT2D eigenvalue weighted by Crippen LogP contribution is 2.30. The second-order valence-electron chi connectivity index (χ2n) is 6.93. The van der Waals surface area contributed by atoms with E-state index in [-0.39, 0.29) is 4.21 Å². The van der Waals surface area contributed by atoms with Crippen molar-refractivity contribution in [3.05, 3.63) is 34.2 Å². The van der Waals surface area contributed by atoms with Crippen LogP contribution in [-0.4, -0.2) is 25.3 Å². The Bertz CT molecular complexity index is 1000. The number of amides is 2. The highest BCUT2D eigenvalue weighted by Gasteiger charge is 2.24. The van der Waals surface area contributed by atoms with Crippen molar-refractivity contribution in [2.75, 3.05) is 5.32 Å². The quantitative estimate of drug-likeness (QED) is 0.715. The molecule has 10 heteroatoms. The molecule has 1 aliphatic carbocycles. The maximum absolute atomic E-state index is 12.7. The molecule has 0 saturated heterocycles. The third-order valence-corrected chi connectivity index (χ3v) is 7.41. The van der Waals surface area contributed by atoms with Gasteiger partial charge in [-0.2, -0.15) is 0 Å². The normalized spacial score (nSPS) is 15.9. The SMILES string of the molecule is CCc1cc(NC(=O)N=[S@](N)(=O)c2cnc(C(C)(C)O)s2)c2c(n1)CCC2. The number of aromatic nitrogens is 2. The molecule has 0 spiro atoms. The summed E-state index contributed by atoms with van der Waals surface area (Å²) in [5.74, 6) is 0. The van der Waals surface area contributed by atoms with Crippen molar-refractivity contribution in [3.63, 3.8) is 0 Å². The van der Waals surface area contributed by atoms with E-state index in [1.54, 1.807) is 13.8 Å². The van der Waals surface area contributed by atoms with Gasteiger partial charge in [0.15, 0.2) is 9.92 Å². The lowest BCUT2D eigenvalue weighted by Crippen LogP contribution is -2.17. The summed E-state index contributed by atoms with van der Waals surface area (Å²) in [4.78, 5) is 21.0. The largest absolute Gasteiger partial charge is 0.383 e. The number of aliphatic hydroxyl groups is 1. The van der Waals surface area contributed by atoms with E-state index in [4.69, 9.17) is 5.14 Å². The van der Waals surface area contributed by atoms with E-state index in [0.29, 0.717) is 10.7 Å². The van der Waals surface area contributed by atoms with Crippen LogP contribution in [0.25, 0.3) is 0 Å². The maximum Gasteiger partial charge on any atom is 0.354 e. The summed E-state index contributed by atoms with van der Waals surface area (Å²) >= 11 is 0.976. The number of nitrogens with one attached hydrogen (secondary N) is 1. The van der Waals surface area contributed by atoms with Crippen LogP contribution < -0.4 is 10.5 Å². The molecule has 0 aliphatic heterocycles. The number of hydrogen-bond acceptors (Lipinski definition) is 6. The molecule has 0 unspecified atom stereocenters. The van der Waals surface area contributed by atoms with Crippen molar-refractivity contribution in [1.29, 1.82) is 0 Å². The molecule has 2 aromatic rings. The number of hydrogen-bond donors (Lipinski definition) is 3. The van der Waals surface area contributed by atoms with E-state index in [1.807, 2.05) is 13.0 Å². The predicted octanol–water partition coefficient (Wildman–Crippen LogP) is 2.75. The van der Waals surface area contributed by atoms with Gasteiger partial charge in [-0.25, -0.2) is 19.1 Å². The van der Waals surface area contributed by atoms with Crippen molar-refractivity contribution < 1.29 is 14.1 Å². The lowest BCUT2D eigenvalue weighted by molar-refractivity contribution is 0.0783. The highest BCUT2D eigenvalue weighted by molar-refractivity contribution is 7.93. The van der Waals surface area contributed by atoms with Crippen LogP contribution >= 0.6 is 11.3 Å². The van der Waals surface area contributed by atoms with Crippen molar-refractivity contribution in [2.45, 2.75) is 56.3 Å². The zero-order valence-corrected chi connectivity index (χ0v) is 17.1. The standard InChI is InChI=1S/C17H23N5O3S2/c1-4-10-8-13(11-6-5-7-12(11)20-10)21-16(23)22-27(18,25)14-9-19-15(26-14)17(2,3)24/h8-9,24H,4-7H2,1-3H3,(H3,18,20,21,22,23,25)/t27-/m0/s1. The first-order valence-electron chi connectivity index (χ1n) is 8.66. The molecule has 0 aromatic carbocycles. The zero-order valence-electron chi connectivity index (χ0n) is 15.5. The number of nitrogens with zero attached hydrogens (tertiary/aromatic N) is 3. The Balaban J connectivity index is 1.88. The number of fused-ring (bicyclic) bond motifs is 1. The van der Waals surface area contributed by atoms with Gasteiger partial charge in [0.25, 0.3) is 0 Å². The molecule has 27 heavy (non-hydrogen) atoms. The number of anilines is 1. The van der Waals surface area contributed by atoms with Crippen molar-refractivity contribution >= 4 is 33.0 Å². The summed E-state index contributed by atoms with van der Waals surface area (Å²) in [5, 5.41) is 18.8. The number of nitrogens with two attached hydrogens (primary N) is 1. The minimum Gasteiger partial charge on any atom is -0.383 e. The molecule has 4 N–H and O–H groups in total. The van der Waals surface area contributed by atoms with Gasteiger partial charge >= 0.3 is 6.03 Å². The Morgan fingerprint density at radius 2 is 2.22 bits per heavy atom. The molecule has 1 aliphatic rings. The van der Waals surface area contributed by atoms with Crippen molar-refractivity contribution in [1.82, 2.24) is 9.97 Å². The van der Waals surface area contributed by atoms with Gasteiger partial charge in [-0.1, -0.05) is 6.92 Å². The van der Waals surface area contributed by atoms with Crippen molar-refractivity contribution in [2.24, 2.45) is 9.50 Å². The third-order valence-electron chi connectivity index (χ3n) is 4.22.